The van der Waals surface area contributed by atoms with Crippen LogP contribution in [0.15, 0.2) is 164 Å². The first-order valence-electron chi connectivity index (χ1n) is 15.0. The molecule has 9 rings (SSSR count). The zero-order valence-electron chi connectivity index (χ0n) is 23.9. The Morgan fingerprint density at radius 2 is 0.909 bits per heavy atom. The summed E-state index contributed by atoms with van der Waals surface area (Å²) in [4.78, 5) is 4.51. The van der Waals surface area contributed by atoms with Crippen LogP contribution in [0.25, 0.3) is 77.2 Å². The Morgan fingerprint density at radius 3 is 1.75 bits per heavy atom. The van der Waals surface area contributed by atoms with Gasteiger partial charge in [0.25, 0.3) is 0 Å². The summed E-state index contributed by atoms with van der Waals surface area (Å²) in [5.41, 5.74) is 11.8. The summed E-state index contributed by atoms with van der Waals surface area (Å²) in [7, 11) is 0. The molecule has 0 aliphatic rings. The van der Waals surface area contributed by atoms with Crippen molar-refractivity contribution in [2.24, 2.45) is 0 Å². The zero-order valence-corrected chi connectivity index (χ0v) is 23.9. The van der Waals surface area contributed by atoms with Crippen LogP contribution in [0.5, 0.6) is 0 Å². The van der Waals surface area contributed by atoms with Crippen molar-refractivity contribution < 1.29 is 0 Å². The molecular weight excluding hydrogens is 534 g/mol. The fraction of sp³-hybridized carbons (Fsp3) is 0. The first kappa shape index (κ1) is 24.6. The molecule has 0 N–H and O–H groups in total. The van der Waals surface area contributed by atoms with Crippen LogP contribution in [0.1, 0.15) is 0 Å². The second-order valence-electron chi connectivity index (χ2n) is 11.3. The number of hydrogen-bond donors (Lipinski definition) is 0. The van der Waals surface area contributed by atoms with Crippen molar-refractivity contribution in [3.63, 3.8) is 0 Å². The normalized spacial score (nSPS) is 11.6. The number of hydrogen-bond acceptors (Lipinski definition) is 1. The Kier molecular flexibility index (Phi) is 5.50. The molecular formula is C41H27N3. The average molecular weight is 562 g/mol. The van der Waals surface area contributed by atoms with Gasteiger partial charge in [0.15, 0.2) is 0 Å². The smallest absolute Gasteiger partial charge is 0.0724 e. The highest BCUT2D eigenvalue weighted by Crippen LogP contribution is 2.38. The Balaban J connectivity index is 1.23. The SMILES string of the molecule is c1ccc(-c2ccc(-n3c4cnccc4c4ccc(-c5ccc6c(c5)c5ccccc5n6-c5ccccc5)cc43)cc2)cc1. The summed E-state index contributed by atoms with van der Waals surface area (Å²) >= 11 is 0. The number of nitrogens with zero attached hydrogens (tertiary/aromatic N) is 3. The third-order valence-electron chi connectivity index (χ3n) is 8.82. The molecule has 3 nitrogen and oxygen atoms in total. The van der Waals surface area contributed by atoms with Crippen molar-refractivity contribution in [2.45, 2.75) is 0 Å². The van der Waals surface area contributed by atoms with Gasteiger partial charge in [-0.05, 0) is 76.9 Å². The van der Waals surface area contributed by atoms with Crippen molar-refractivity contribution in [1.82, 2.24) is 14.1 Å². The van der Waals surface area contributed by atoms with Crippen molar-refractivity contribution in [1.29, 1.82) is 0 Å². The predicted molar refractivity (Wildman–Crippen MR) is 184 cm³/mol. The van der Waals surface area contributed by atoms with Gasteiger partial charge < -0.3 is 9.13 Å². The fourth-order valence-electron chi connectivity index (χ4n) is 6.77. The Bertz CT molecular complexity index is 2470. The van der Waals surface area contributed by atoms with Crippen molar-refractivity contribution >= 4 is 43.6 Å². The molecule has 0 aliphatic carbocycles. The summed E-state index contributed by atoms with van der Waals surface area (Å²) in [6.07, 6.45) is 3.86. The number of fused-ring (bicyclic) bond motifs is 6. The van der Waals surface area contributed by atoms with Gasteiger partial charge in [-0.15, -0.1) is 0 Å². The van der Waals surface area contributed by atoms with Crippen LogP contribution in [0.2, 0.25) is 0 Å². The van der Waals surface area contributed by atoms with Crippen LogP contribution in [0.3, 0.4) is 0 Å². The molecule has 44 heavy (non-hydrogen) atoms. The van der Waals surface area contributed by atoms with Gasteiger partial charge in [-0.3, -0.25) is 4.98 Å². The van der Waals surface area contributed by atoms with Gasteiger partial charge in [0, 0.05) is 39.1 Å². The summed E-state index contributed by atoms with van der Waals surface area (Å²) < 4.78 is 4.71. The maximum Gasteiger partial charge on any atom is 0.0724 e. The van der Waals surface area contributed by atoms with Gasteiger partial charge in [0.1, 0.15) is 0 Å². The van der Waals surface area contributed by atoms with E-state index in [1.807, 2.05) is 12.4 Å². The van der Waals surface area contributed by atoms with E-state index in [4.69, 9.17) is 0 Å². The minimum absolute atomic E-state index is 1.11. The number of benzene rings is 6. The van der Waals surface area contributed by atoms with E-state index in [0.29, 0.717) is 0 Å². The lowest BCUT2D eigenvalue weighted by molar-refractivity contribution is 1.17. The first-order chi connectivity index (χ1) is 21.8. The molecule has 0 radical (unpaired) electrons. The summed E-state index contributed by atoms with van der Waals surface area (Å²) in [6.45, 7) is 0. The van der Waals surface area contributed by atoms with Crippen molar-refractivity contribution in [2.75, 3.05) is 0 Å². The molecule has 0 saturated heterocycles. The first-order valence-corrected chi connectivity index (χ1v) is 15.0. The molecule has 0 atom stereocenters. The number of pyridine rings is 1. The molecule has 9 aromatic rings. The molecule has 0 saturated carbocycles. The lowest BCUT2D eigenvalue weighted by atomic mass is 10.0. The van der Waals surface area contributed by atoms with E-state index in [9.17, 15) is 0 Å². The minimum Gasteiger partial charge on any atom is -0.309 e. The highest BCUT2D eigenvalue weighted by atomic mass is 15.0. The average Bonchev–Trinajstić information content (AvgIpc) is 3.61. The molecule has 3 aromatic heterocycles. The second-order valence-corrected chi connectivity index (χ2v) is 11.3. The van der Waals surface area contributed by atoms with Crippen LogP contribution < -0.4 is 0 Å². The molecule has 0 bridgehead atoms. The number of rotatable bonds is 4. The highest BCUT2D eigenvalue weighted by molar-refractivity contribution is 6.12. The molecule has 6 aromatic carbocycles. The summed E-state index contributed by atoms with van der Waals surface area (Å²) in [5, 5.41) is 4.94. The van der Waals surface area contributed by atoms with E-state index >= 15 is 0 Å². The summed E-state index contributed by atoms with van der Waals surface area (Å²) in [6, 6.07) is 54.5. The summed E-state index contributed by atoms with van der Waals surface area (Å²) in [5.74, 6) is 0. The molecule has 0 unspecified atom stereocenters. The number of para-hydroxylation sites is 2. The van der Waals surface area contributed by atoms with E-state index in [0.717, 1.165) is 11.2 Å². The third kappa shape index (κ3) is 3.80. The van der Waals surface area contributed by atoms with Gasteiger partial charge in [-0.2, -0.15) is 0 Å². The van der Waals surface area contributed by atoms with E-state index in [2.05, 4.69) is 166 Å². The van der Waals surface area contributed by atoms with Crippen molar-refractivity contribution in [3.05, 3.63) is 164 Å². The van der Waals surface area contributed by atoms with E-state index in [1.54, 1.807) is 0 Å². The number of aromatic nitrogens is 3. The Morgan fingerprint density at radius 1 is 0.341 bits per heavy atom. The maximum absolute atomic E-state index is 4.51. The van der Waals surface area contributed by atoms with Crippen LogP contribution in [0, 0.1) is 0 Å². The molecule has 0 aliphatic heterocycles. The van der Waals surface area contributed by atoms with Gasteiger partial charge in [-0.25, -0.2) is 0 Å². The standard InChI is InChI=1S/C41H27N3/c1-3-9-28(10-4-1)29-15-19-33(20-16-29)44-40-26-31(17-21-35(40)36-23-24-42-27-41(36)44)30-18-22-39-37(25-30)34-13-7-8-14-38(34)43(39)32-11-5-2-6-12-32/h1-27H. The molecule has 3 heterocycles. The quantitative estimate of drug-likeness (QED) is 0.210. The predicted octanol–water partition coefficient (Wildman–Crippen LogP) is 10.6. The Labute approximate surface area is 254 Å². The van der Waals surface area contributed by atoms with E-state index in [1.165, 1.54) is 66.0 Å². The van der Waals surface area contributed by atoms with Gasteiger partial charge in [-0.1, -0.05) is 97.1 Å². The zero-order chi connectivity index (χ0) is 29.0. The molecule has 0 fully saturated rings. The second kappa shape index (κ2) is 9.82. The Hall–Kier alpha value is -5.93. The van der Waals surface area contributed by atoms with E-state index < -0.39 is 0 Å². The molecule has 0 spiro atoms. The van der Waals surface area contributed by atoms with Crippen molar-refractivity contribution in [3.8, 4) is 33.6 Å². The lowest BCUT2D eigenvalue weighted by Gasteiger charge is -2.11. The van der Waals surface area contributed by atoms with Crippen LogP contribution in [-0.4, -0.2) is 14.1 Å². The van der Waals surface area contributed by atoms with Gasteiger partial charge >= 0.3 is 0 Å². The van der Waals surface area contributed by atoms with Gasteiger partial charge in [0.2, 0.25) is 0 Å². The topological polar surface area (TPSA) is 22.8 Å². The minimum atomic E-state index is 1.11. The van der Waals surface area contributed by atoms with Crippen LogP contribution >= 0.6 is 0 Å². The lowest BCUT2D eigenvalue weighted by Crippen LogP contribution is -1.94. The van der Waals surface area contributed by atoms with Crippen LogP contribution in [-0.2, 0) is 0 Å². The van der Waals surface area contributed by atoms with E-state index in [-0.39, 0.29) is 0 Å². The van der Waals surface area contributed by atoms with Crippen LogP contribution in [0.4, 0.5) is 0 Å². The maximum atomic E-state index is 4.51. The van der Waals surface area contributed by atoms with Gasteiger partial charge in [0.05, 0.1) is 28.3 Å². The molecule has 0 amide bonds. The monoisotopic (exact) mass is 561 g/mol. The third-order valence-corrected chi connectivity index (χ3v) is 8.82. The molecule has 3 heteroatoms. The fourth-order valence-corrected chi connectivity index (χ4v) is 6.77. The largest absolute Gasteiger partial charge is 0.309 e. The molecule has 206 valence electrons. The highest BCUT2D eigenvalue weighted by Gasteiger charge is 2.16.